The van der Waals surface area contributed by atoms with E-state index < -0.39 is 0 Å². The third-order valence-corrected chi connectivity index (χ3v) is 6.26. The summed E-state index contributed by atoms with van der Waals surface area (Å²) < 4.78 is 0. The highest BCUT2D eigenvalue weighted by atomic mass is 35.5. The zero-order chi connectivity index (χ0) is 26.9. The lowest BCUT2D eigenvalue weighted by atomic mass is 10.2. The molecular formula is C27H30ClN7O3. The van der Waals surface area contributed by atoms with Crippen LogP contribution in [0.1, 0.15) is 17.3 Å². The first-order chi connectivity index (χ1) is 18.4. The van der Waals surface area contributed by atoms with E-state index in [4.69, 9.17) is 16.6 Å². The third-order valence-electron chi connectivity index (χ3n) is 6.01. The Morgan fingerprint density at radius 2 is 1.61 bits per heavy atom. The van der Waals surface area contributed by atoms with Gasteiger partial charge in [0.15, 0.2) is 5.82 Å². The summed E-state index contributed by atoms with van der Waals surface area (Å²) in [5.41, 5.74) is 1.34. The van der Waals surface area contributed by atoms with Gasteiger partial charge in [-0.15, -0.1) is 0 Å². The Kier molecular flexibility index (Phi) is 9.10. The third kappa shape index (κ3) is 7.42. The molecule has 11 heteroatoms. The SMILES string of the molecule is CC(=O)NCCNc1cc(N2CCN(C(=O)CNC(=O)c3ccc(Cl)cc3)CC2)nc(-c2ccccc2)n1. The lowest BCUT2D eigenvalue weighted by Crippen LogP contribution is -2.51. The van der Waals surface area contributed by atoms with Gasteiger partial charge in [0.1, 0.15) is 11.6 Å². The number of carbonyl (C=O) groups is 3. The van der Waals surface area contributed by atoms with Gasteiger partial charge in [-0.25, -0.2) is 9.97 Å². The molecule has 1 aromatic heterocycles. The van der Waals surface area contributed by atoms with Crippen LogP contribution >= 0.6 is 11.6 Å². The van der Waals surface area contributed by atoms with Gasteiger partial charge in [0, 0.05) is 68.4 Å². The Labute approximate surface area is 226 Å². The Hall–Kier alpha value is -4.18. The van der Waals surface area contributed by atoms with E-state index in [1.54, 1.807) is 29.2 Å². The minimum absolute atomic E-state index is 0.0739. The molecule has 38 heavy (non-hydrogen) atoms. The molecule has 0 aliphatic carbocycles. The van der Waals surface area contributed by atoms with Crippen molar-refractivity contribution in [2.45, 2.75) is 6.92 Å². The van der Waals surface area contributed by atoms with E-state index in [-0.39, 0.29) is 24.3 Å². The predicted molar refractivity (Wildman–Crippen MR) is 147 cm³/mol. The zero-order valence-electron chi connectivity index (χ0n) is 21.1. The fraction of sp³-hybridized carbons (Fsp3) is 0.296. The molecule has 0 spiro atoms. The Morgan fingerprint density at radius 1 is 0.895 bits per heavy atom. The van der Waals surface area contributed by atoms with Gasteiger partial charge < -0.3 is 25.8 Å². The summed E-state index contributed by atoms with van der Waals surface area (Å²) in [6, 6.07) is 18.1. The van der Waals surface area contributed by atoms with Gasteiger partial charge in [-0.2, -0.15) is 0 Å². The van der Waals surface area contributed by atoms with E-state index in [1.807, 2.05) is 36.4 Å². The first-order valence-corrected chi connectivity index (χ1v) is 12.8. The van der Waals surface area contributed by atoms with Crippen molar-refractivity contribution in [3.05, 3.63) is 71.2 Å². The van der Waals surface area contributed by atoms with Crippen molar-refractivity contribution in [2.24, 2.45) is 0 Å². The number of halogens is 1. The molecule has 1 fully saturated rings. The van der Waals surface area contributed by atoms with Crippen molar-refractivity contribution in [2.75, 3.05) is 56.0 Å². The molecule has 1 aliphatic rings. The molecule has 1 aliphatic heterocycles. The predicted octanol–water partition coefficient (Wildman–Crippen LogP) is 2.42. The topological polar surface area (TPSA) is 120 Å². The minimum atomic E-state index is -0.318. The molecule has 198 valence electrons. The number of hydrogen-bond donors (Lipinski definition) is 3. The maximum Gasteiger partial charge on any atom is 0.251 e. The highest BCUT2D eigenvalue weighted by Crippen LogP contribution is 2.23. The maximum absolute atomic E-state index is 12.7. The number of amides is 3. The Balaban J connectivity index is 1.37. The van der Waals surface area contributed by atoms with Gasteiger partial charge in [0.2, 0.25) is 11.8 Å². The average Bonchev–Trinajstić information content (AvgIpc) is 2.94. The summed E-state index contributed by atoms with van der Waals surface area (Å²) in [5, 5.41) is 9.24. The standard InChI is InChI=1S/C27H30ClN7O3/c1-19(36)29-11-12-30-23-17-24(33-26(32-23)20-5-3-2-4-6-20)34-13-15-35(16-14-34)25(37)18-31-27(38)21-7-9-22(28)10-8-21/h2-10,17H,11-16,18H2,1H3,(H,29,36)(H,31,38)(H,30,32,33). The highest BCUT2D eigenvalue weighted by Gasteiger charge is 2.23. The van der Waals surface area contributed by atoms with Crippen molar-refractivity contribution in [3.8, 4) is 11.4 Å². The number of piperazine rings is 1. The first-order valence-electron chi connectivity index (χ1n) is 12.4. The molecule has 0 saturated carbocycles. The summed E-state index contributed by atoms with van der Waals surface area (Å²) in [5.74, 6) is 1.46. The number of nitrogens with one attached hydrogen (secondary N) is 3. The Bertz CT molecular complexity index is 1260. The van der Waals surface area contributed by atoms with Gasteiger partial charge in [-0.3, -0.25) is 14.4 Å². The van der Waals surface area contributed by atoms with Crippen LogP contribution in [0.2, 0.25) is 5.02 Å². The molecule has 0 unspecified atom stereocenters. The molecule has 4 rings (SSSR count). The zero-order valence-corrected chi connectivity index (χ0v) is 21.9. The second-order valence-corrected chi connectivity index (χ2v) is 9.20. The number of aromatic nitrogens is 2. The van der Waals surface area contributed by atoms with Gasteiger partial charge in [0.05, 0.1) is 6.54 Å². The lowest BCUT2D eigenvalue weighted by molar-refractivity contribution is -0.130. The van der Waals surface area contributed by atoms with Crippen LogP contribution in [-0.2, 0) is 9.59 Å². The van der Waals surface area contributed by atoms with Gasteiger partial charge in [0.25, 0.3) is 5.91 Å². The normalized spacial score (nSPS) is 13.1. The molecule has 3 amide bonds. The van der Waals surface area contributed by atoms with Crippen LogP contribution in [-0.4, -0.2) is 78.4 Å². The molecule has 2 aromatic carbocycles. The average molecular weight is 536 g/mol. The van der Waals surface area contributed by atoms with E-state index >= 15 is 0 Å². The molecule has 0 atom stereocenters. The van der Waals surface area contributed by atoms with E-state index in [0.29, 0.717) is 61.5 Å². The smallest absolute Gasteiger partial charge is 0.251 e. The molecule has 0 bridgehead atoms. The van der Waals surface area contributed by atoms with Gasteiger partial charge in [-0.05, 0) is 24.3 Å². The summed E-state index contributed by atoms with van der Waals surface area (Å²) in [6.45, 7) is 4.60. The second kappa shape index (κ2) is 12.9. The van der Waals surface area contributed by atoms with Gasteiger partial charge >= 0.3 is 0 Å². The van der Waals surface area contributed by atoms with Crippen LogP contribution in [0, 0.1) is 0 Å². The first kappa shape index (κ1) is 26.9. The number of rotatable bonds is 9. The summed E-state index contributed by atoms with van der Waals surface area (Å²) in [7, 11) is 0. The van der Waals surface area contributed by atoms with Crippen LogP contribution < -0.4 is 20.9 Å². The van der Waals surface area contributed by atoms with E-state index in [9.17, 15) is 14.4 Å². The van der Waals surface area contributed by atoms with Crippen LogP contribution in [0.25, 0.3) is 11.4 Å². The lowest BCUT2D eigenvalue weighted by Gasteiger charge is -2.35. The molecule has 3 N–H and O–H groups in total. The molecule has 2 heterocycles. The molecule has 0 radical (unpaired) electrons. The fourth-order valence-electron chi connectivity index (χ4n) is 3.99. The van der Waals surface area contributed by atoms with Gasteiger partial charge in [-0.1, -0.05) is 41.9 Å². The van der Waals surface area contributed by atoms with E-state index in [2.05, 4.69) is 25.8 Å². The van der Waals surface area contributed by atoms with Crippen molar-refractivity contribution in [1.82, 2.24) is 25.5 Å². The van der Waals surface area contributed by atoms with Crippen molar-refractivity contribution in [3.63, 3.8) is 0 Å². The second-order valence-electron chi connectivity index (χ2n) is 8.77. The number of anilines is 2. The van der Waals surface area contributed by atoms with Crippen LogP contribution in [0.3, 0.4) is 0 Å². The number of benzene rings is 2. The number of hydrogen-bond acceptors (Lipinski definition) is 7. The summed E-state index contributed by atoms with van der Waals surface area (Å²) in [4.78, 5) is 49.5. The number of nitrogens with zero attached hydrogens (tertiary/aromatic N) is 4. The highest BCUT2D eigenvalue weighted by molar-refractivity contribution is 6.30. The van der Waals surface area contributed by atoms with E-state index in [1.165, 1.54) is 6.92 Å². The van der Waals surface area contributed by atoms with Crippen LogP contribution in [0.15, 0.2) is 60.7 Å². The maximum atomic E-state index is 12.7. The largest absolute Gasteiger partial charge is 0.368 e. The minimum Gasteiger partial charge on any atom is -0.368 e. The van der Waals surface area contributed by atoms with Crippen molar-refractivity contribution in [1.29, 1.82) is 0 Å². The van der Waals surface area contributed by atoms with E-state index in [0.717, 1.165) is 11.4 Å². The van der Waals surface area contributed by atoms with Crippen LogP contribution in [0.4, 0.5) is 11.6 Å². The summed E-state index contributed by atoms with van der Waals surface area (Å²) in [6.07, 6.45) is 0. The monoisotopic (exact) mass is 535 g/mol. The number of carbonyl (C=O) groups excluding carboxylic acids is 3. The quantitative estimate of drug-likeness (QED) is 0.360. The molecule has 10 nitrogen and oxygen atoms in total. The van der Waals surface area contributed by atoms with Crippen molar-refractivity contribution >= 4 is 41.0 Å². The summed E-state index contributed by atoms with van der Waals surface area (Å²) >= 11 is 5.87. The molecule has 3 aromatic rings. The molecule has 1 saturated heterocycles. The Morgan fingerprint density at radius 3 is 2.29 bits per heavy atom. The fourth-order valence-corrected chi connectivity index (χ4v) is 4.11. The van der Waals surface area contributed by atoms with Crippen molar-refractivity contribution < 1.29 is 14.4 Å². The van der Waals surface area contributed by atoms with Crippen LogP contribution in [0.5, 0.6) is 0 Å². The molecular weight excluding hydrogens is 506 g/mol.